The van der Waals surface area contributed by atoms with Gasteiger partial charge < -0.3 is 22.9 Å². The summed E-state index contributed by atoms with van der Waals surface area (Å²) >= 11 is 0. The van der Waals surface area contributed by atoms with E-state index >= 15 is 0 Å². The topological polar surface area (TPSA) is 128 Å². The van der Waals surface area contributed by atoms with E-state index < -0.39 is 0 Å². The minimum atomic E-state index is -0.144. The van der Waals surface area contributed by atoms with Gasteiger partial charge in [-0.2, -0.15) is 0 Å². The van der Waals surface area contributed by atoms with Crippen LogP contribution in [-0.2, 0) is 9.59 Å². The summed E-state index contributed by atoms with van der Waals surface area (Å²) < 4.78 is 0. The van der Waals surface area contributed by atoms with Crippen LogP contribution in [0.4, 0.5) is 0 Å². The van der Waals surface area contributed by atoms with E-state index in [0.29, 0.717) is 0 Å². The summed E-state index contributed by atoms with van der Waals surface area (Å²) in [7, 11) is 3.12. The molecule has 84 valence electrons. The maximum atomic E-state index is 9.95. The van der Waals surface area contributed by atoms with E-state index in [2.05, 4.69) is 23.8 Å². The fourth-order valence-electron chi connectivity index (χ4n) is 0.204. The maximum absolute atomic E-state index is 9.95. The fourth-order valence-corrected chi connectivity index (χ4v) is 0.204. The Kier molecular flexibility index (Phi) is 28.4. The molecule has 6 heteroatoms. The first-order valence-corrected chi connectivity index (χ1v) is 3.30. The molecular formula is C8H20N4O2. The molecule has 6 nitrogen and oxygen atoms in total. The van der Waals surface area contributed by atoms with Crippen LogP contribution in [0.25, 0.3) is 0 Å². The Balaban J connectivity index is -0.0000000625. The molecule has 0 saturated carbocycles. The molecule has 0 rings (SSSR count). The van der Waals surface area contributed by atoms with E-state index in [1.54, 1.807) is 14.1 Å². The predicted octanol–water partition coefficient (Wildman–Crippen LogP) is 0.161. The quantitative estimate of drug-likeness (QED) is 0.477. The molecule has 0 spiro atoms. The van der Waals surface area contributed by atoms with Crippen LogP contribution < -0.4 is 22.9 Å². The number of nitrogens with one attached hydrogen (secondary N) is 2. The molecule has 0 aromatic rings. The molecule has 0 aliphatic heterocycles. The molecule has 0 fully saturated rings. The lowest BCUT2D eigenvalue weighted by Gasteiger charge is -1.82. The van der Waals surface area contributed by atoms with E-state index in [9.17, 15) is 9.59 Å². The fraction of sp³-hybridized carbons (Fsp3) is 0.250. The molecule has 0 unspecified atom stereocenters. The zero-order valence-electron chi connectivity index (χ0n) is 8.80. The van der Waals surface area contributed by atoms with E-state index in [1.165, 1.54) is 12.2 Å². The Morgan fingerprint density at radius 1 is 0.929 bits per heavy atom. The highest BCUT2D eigenvalue weighted by Crippen LogP contribution is 1.57. The van der Waals surface area contributed by atoms with Crippen molar-refractivity contribution in [2.45, 2.75) is 0 Å². The second-order valence-electron chi connectivity index (χ2n) is 1.64. The first-order valence-electron chi connectivity index (χ1n) is 3.30. The molecule has 0 radical (unpaired) electrons. The first-order chi connectivity index (χ1) is 5.62. The van der Waals surface area contributed by atoms with Gasteiger partial charge in [0.05, 0.1) is 0 Å². The summed E-state index contributed by atoms with van der Waals surface area (Å²) in [4.78, 5) is 19.9. The van der Waals surface area contributed by atoms with Crippen molar-refractivity contribution in [1.29, 1.82) is 0 Å². The number of amides is 2. The maximum Gasteiger partial charge on any atom is 0.243 e. The molecule has 0 aromatic heterocycles. The van der Waals surface area contributed by atoms with E-state index in [0.717, 1.165) is 0 Å². The average Bonchev–Trinajstić information content (AvgIpc) is 2.16. The van der Waals surface area contributed by atoms with E-state index in [-0.39, 0.29) is 24.1 Å². The van der Waals surface area contributed by atoms with Gasteiger partial charge in [-0.25, -0.2) is 0 Å². The molecule has 0 saturated heterocycles. The van der Waals surface area contributed by atoms with Gasteiger partial charge in [0.15, 0.2) is 0 Å². The smallest absolute Gasteiger partial charge is 0.243 e. The van der Waals surface area contributed by atoms with Crippen molar-refractivity contribution >= 4 is 11.8 Å². The summed E-state index contributed by atoms with van der Waals surface area (Å²) in [6.45, 7) is 6.44. The van der Waals surface area contributed by atoms with Crippen LogP contribution in [0.3, 0.4) is 0 Å². The molecule has 0 heterocycles. The predicted molar refractivity (Wildman–Crippen MR) is 58.6 cm³/mol. The van der Waals surface area contributed by atoms with Gasteiger partial charge in [-0.05, 0) is 12.2 Å². The number of carbonyl (C=O) groups excluding carboxylic acids is 2. The van der Waals surface area contributed by atoms with Crippen molar-refractivity contribution < 1.29 is 9.59 Å². The van der Waals surface area contributed by atoms with Crippen molar-refractivity contribution in [2.75, 3.05) is 14.1 Å². The van der Waals surface area contributed by atoms with Gasteiger partial charge in [-0.15, -0.1) is 0 Å². The highest BCUT2D eigenvalue weighted by Gasteiger charge is 1.79. The van der Waals surface area contributed by atoms with Gasteiger partial charge >= 0.3 is 0 Å². The third-order valence-corrected chi connectivity index (χ3v) is 0.864. The second-order valence-corrected chi connectivity index (χ2v) is 1.64. The lowest BCUT2D eigenvalue weighted by atomic mass is 10.6. The molecule has 2 amide bonds. The molecule has 0 atom stereocenters. The Bertz CT molecular complexity index is 160. The summed E-state index contributed by atoms with van der Waals surface area (Å²) in [6, 6.07) is 0. The molecule has 14 heavy (non-hydrogen) atoms. The second kappa shape index (κ2) is 17.4. The zero-order valence-corrected chi connectivity index (χ0v) is 8.80. The monoisotopic (exact) mass is 204 g/mol. The van der Waals surface area contributed by atoms with Crippen molar-refractivity contribution in [2.24, 2.45) is 0 Å². The van der Waals surface area contributed by atoms with Gasteiger partial charge in [0, 0.05) is 14.1 Å². The number of carbonyl (C=O) groups is 2. The highest BCUT2D eigenvalue weighted by atomic mass is 16.2. The van der Waals surface area contributed by atoms with Crippen molar-refractivity contribution in [1.82, 2.24) is 22.9 Å². The van der Waals surface area contributed by atoms with Crippen LogP contribution in [0.15, 0.2) is 25.3 Å². The van der Waals surface area contributed by atoms with Crippen molar-refractivity contribution in [3.05, 3.63) is 25.3 Å². The van der Waals surface area contributed by atoms with Gasteiger partial charge in [-0.1, -0.05) is 13.2 Å². The third kappa shape index (κ3) is 22.4. The first kappa shape index (κ1) is 22.8. The standard InChI is InChI=1S/2C4H7NO.2H3N/c2*1-3-4(6)5-2;;/h2*3H,1H2,2H3,(H,5,6);2*1H3. The van der Waals surface area contributed by atoms with E-state index in [4.69, 9.17) is 0 Å². The third-order valence-electron chi connectivity index (χ3n) is 0.864. The van der Waals surface area contributed by atoms with Crippen molar-refractivity contribution in [3.8, 4) is 0 Å². The number of likely N-dealkylation sites (N-methyl/N-ethyl adjacent to an activating group) is 2. The summed E-state index contributed by atoms with van der Waals surface area (Å²) in [5, 5.41) is 4.72. The summed E-state index contributed by atoms with van der Waals surface area (Å²) in [6.07, 6.45) is 2.44. The Labute approximate surface area is 84.6 Å². The molecule has 0 aromatic carbocycles. The van der Waals surface area contributed by atoms with Crippen LogP contribution in [0.1, 0.15) is 0 Å². The Morgan fingerprint density at radius 3 is 1.14 bits per heavy atom. The largest absolute Gasteiger partial charge is 0.356 e. The molecular weight excluding hydrogens is 184 g/mol. The SMILES string of the molecule is C=CC(=O)NC.C=CC(=O)NC.N.N. The lowest BCUT2D eigenvalue weighted by Crippen LogP contribution is -2.13. The lowest BCUT2D eigenvalue weighted by molar-refractivity contribution is -0.116. The molecule has 8 N–H and O–H groups in total. The summed E-state index contributed by atoms with van der Waals surface area (Å²) in [5.74, 6) is -0.287. The number of hydrogen-bond donors (Lipinski definition) is 4. The van der Waals surface area contributed by atoms with Gasteiger partial charge in [-0.3, -0.25) is 9.59 Å². The van der Waals surface area contributed by atoms with E-state index in [1.807, 2.05) is 0 Å². The molecule has 0 aliphatic carbocycles. The Hall–Kier alpha value is -1.66. The average molecular weight is 204 g/mol. The minimum absolute atomic E-state index is 0. The van der Waals surface area contributed by atoms with Crippen LogP contribution in [-0.4, -0.2) is 25.9 Å². The Morgan fingerprint density at radius 2 is 1.14 bits per heavy atom. The van der Waals surface area contributed by atoms with Gasteiger partial charge in [0.1, 0.15) is 0 Å². The highest BCUT2D eigenvalue weighted by molar-refractivity contribution is 5.86. The van der Waals surface area contributed by atoms with Crippen LogP contribution in [0.5, 0.6) is 0 Å². The van der Waals surface area contributed by atoms with Crippen molar-refractivity contribution in [3.63, 3.8) is 0 Å². The number of rotatable bonds is 2. The van der Waals surface area contributed by atoms with Gasteiger partial charge in [0.2, 0.25) is 11.8 Å². The minimum Gasteiger partial charge on any atom is -0.356 e. The normalized spacial score (nSPS) is 5.86. The molecule has 0 bridgehead atoms. The van der Waals surface area contributed by atoms with Crippen LogP contribution in [0, 0.1) is 0 Å². The summed E-state index contributed by atoms with van der Waals surface area (Å²) in [5.41, 5.74) is 0. The van der Waals surface area contributed by atoms with Gasteiger partial charge in [0.25, 0.3) is 0 Å². The number of hydrogen-bond acceptors (Lipinski definition) is 4. The zero-order chi connectivity index (χ0) is 9.98. The molecule has 0 aliphatic rings. The van der Waals surface area contributed by atoms with Crippen LogP contribution >= 0.6 is 0 Å². The van der Waals surface area contributed by atoms with Crippen LogP contribution in [0.2, 0.25) is 0 Å².